The van der Waals surface area contributed by atoms with E-state index in [-0.39, 0.29) is 0 Å². The molecular formula is C21H23N5O3. The van der Waals surface area contributed by atoms with Crippen LogP contribution in [0.1, 0.15) is 17.3 Å². The van der Waals surface area contributed by atoms with Gasteiger partial charge in [0.2, 0.25) is 0 Å². The number of methoxy groups -OCH3 is 1. The Hall–Kier alpha value is -3.81. The second-order valence-corrected chi connectivity index (χ2v) is 6.11. The number of hydrogen-bond donors (Lipinski definition) is 2. The van der Waals surface area contributed by atoms with Crippen molar-refractivity contribution in [3.8, 4) is 5.75 Å². The summed E-state index contributed by atoms with van der Waals surface area (Å²) in [6.07, 6.45) is 1.42. The number of nitrogens with zero attached hydrogens (tertiary/aromatic N) is 3. The van der Waals surface area contributed by atoms with E-state index in [1.54, 1.807) is 30.1 Å². The molecule has 0 spiro atoms. The molecule has 0 aliphatic rings. The average molecular weight is 393 g/mol. The maximum Gasteiger partial charge on any atom is 0.339 e. The highest BCUT2D eigenvalue weighted by Crippen LogP contribution is 2.33. The Morgan fingerprint density at radius 2 is 1.86 bits per heavy atom. The number of nitrogen functional groups attached to an aromatic ring is 1. The van der Waals surface area contributed by atoms with Crippen LogP contribution in [0.4, 0.5) is 28.7 Å². The Labute approximate surface area is 169 Å². The van der Waals surface area contributed by atoms with Gasteiger partial charge in [-0.1, -0.05) is 12.1 Å². The van der Waals surface area contributed by atoms with Gasteiger partial charge < -0.3 is 25.4 Å². The predicted molar refractivity (Wildman–Crippen MR) is 113 cm³/mol. The minimum Gasteiger partial charge on any atom is -0.494 e. The van der Waals surface area contributed by atoms with Gasteiger partial charge >= 0.3 is 5.97 Å². The van der Waals surface area contributed by atoms with E-state index in [9.17, 15) is 4.79 Å². The molecule has 150 valence electrons. The van der Waals surface area contributed by atoms with E-state index >= 15 is 0 Å². The second kappa shape index (κ2) is 8.92. The Kier molecular flexibility index (Phi) is 6.13. The molecule has 0 fully saturated rings. The molecule has 2 aromatic carbocycles. The predicted octanol–water partition coefficient (Wildman–Crippen LogP) is 3.76. The van der Waals surface area contributed by atoms with E-state index in [0.717, 1.165) is 11.4 Å². The molecule has 1 aromatic heterocycles. The highest BCUT2D eigenvalue weighted by atomic mass is 16.5. The summed E-state index contributed by atoms with van der Waals surface area (Å²) in [5.74, 6) is 1.27. The third kappa shape index (κ3) is 4.37. The van der Waals surface area contributed by atoms with E-state index in [4.69, 9.17) is 15.2 Å². The van der Waals surface area contributed by atoms with Crippen LogP contribution in [0.25, 0.3) is 0 Å². The van der Waals surface area contributed by atoms with Gasteiger partial charge in [-0.25, -0.2) is 14.8 Å². The number of esters is 1. The SMILES string of the molecule is CCOc1ccc(Nc2ncnc(N(C)c3ccccc3C(=O)OC)c2N)cc1. The minimum absolute atomic E-state index is 0.351. The van der Waals surface area contributed by atoms with Crippen LogP contribution in [0.2, 0.25) is 0 Å². The number of benzene rings is 2. The summed E-state index contributed by atoms with van der Waals surface area (Å²) in [6, 6.07) is 14.6. The number of anilines is 5. The topological polar surface area (TPSA) is 103 Å². The highest BCUT2D eigenvalue weighted by molar-refractivity contribution is 5.97. The van der Waals surface area contributed by atoms with Gasteiger partial charge in [-0.2, -0.15) is 0 Å². The third-order valence-electron chi connectivity index (χ3n) is 4.28. The van der Waals surface area contributed by atoms with Crippen LogP contribution in [0.15, 0.2) is 54.9 Å². The van der Waals surface area contributed by atoms with Crippen LogP contribution in [0.5, 0.6) is 5.75 Å². The molecule has 0 aliphatic carbocycles. The maximum absolute atomic E-state index is 12.1. The minimum atomic E-state index is -0.437. The Bertz CT molecular complexity index is 992. The van der Waals surface area contributed by atoms with Gasteiger partial charge in [0.15, 0.2) is 11.6 Å². The molecule has 3 aromatic rings. The molecule has 0 saturated carbocycles. The number of aromatic nitrogens is 2. The van der Waals surface area contributed by atoms with Crippen molar-refractivity contribution in [2.75, 3.05) is 36.7 Å². The molecule has 0 amide bonds. The fraction of sp³-hybridized carbons (Fsp3) is 0.190. The van der Waals surface area contributed by atoms with Crippen molar-refractivity contribution in [2.24, 2.45) is 0 Å². The van der Waals surface area contributed by atoms with Crippen molar-refractivity contribution in [1.29, 1.82) is 0 Å². The van der Waals surface area contributed by atoms with Crippen LogP contribution < -0.4 is 20.7 Å². The highest BCUT2D eigenvalue weighted by Gasteiger charge is 2.19. The van der Waals surface area contributed by atoms with Crippen LogP contribution in [-0.2, 0) is 4.74 Å². The van der Waals surface area contributed by atoms with Crippen molar-refractivity contribution in [1.82, 2.24) is 9.97 Å². The van der Waals surface area contributed by atoms with Crippen LogP contribution in [-0.4, -0.2) is 36.7 Å². The number of rotatable bonds is 7. The molecule has 29 heavy (non-hydrogen) atoms. The van der Waals surface area contributed by atoms with Crippen molar-refractivity contribution >= 4 is 34.7 Å². The summed E-state index contributed by atoms with van der Waals surface area (Å²) in [6.45, 7) is 2.54. The molecule has 1 heterocycles. The zero-order valence-corrected chi connectivity index (χ0v) is 16.5. The monoisotopic (exact) mass is 393 g/mol. The molecule has 3 N–H and O–H groups in total. The summed E-state index contributed by atoms with van der Waals surface area (Å²) in [5, 5.41) is 3.19. The quantitative estimate of drug-likeness (QED) is 0.585. The maximum atomic E-state index is 12.1. The summed E-state index contributed by atoms with van der Waals surface area (Å²) < 4.78 is 10.3. The van der Waals surface area contributed by atoms with E-state index in [1.165, 1.54) is 13.4 Å². The lowest BCUT2D eigenvalue weighted by Crippen LogP contribution is -2.18. The molecule has 0 aliphatic heterocycles. The number of ether oxygens (including phenoxy) is 2. The lowest BCUT2D eigenvalue weighted by Gasteiger charge is -2.23. The number of para-hydroxylation sites is 1. The van der Waals surface area contributed by atoms with Crippen molar-refractivity contribution in [3.05, 3.63) is 60.4 Å². The fourth-order valence-corrected chi connectivity index (χ4v) is 2.85. The first kappa shape index (κ1) is 19.9. The number of carbonyl (C=O) groups excluding carboxylic acids is 1. The molecule has 0 bridgehead atoms. The Morgan fingerprint density at radius 3 is 2.55 bits per heavy atom. The lowest BCUT2D eigenvalue weighted by atomic mass is 10.1. The van der Waals surface area contributed by atoms with Crippen molar-refractivity contribution in [3.63, 3.8) is 0 Å². The van der Waals surface area contributed by atoms with Crippen LogP contribution in [0, 0.1) is 0 Å². The fourth-order valence-electron chi connectivity index (χ4n) is 2.85. The van der Waals surface area contributed by atoms with E-state index in [1.807, 2.05) is 37.3 Å². The first-order valence-electron chi connectivity index (χ1n) is 9.06. The molecule has 0 unspecified atom stereocenters. The molecule has 8 nitrogen and oxygen atoms in total. The number of nitrogens with one attached hydrogen (secondary N) is 1. The summed E-state index contributed by atoms with van der Waals surface area (Å²) in [4.78, 5) is 22.4. The van der Waals surface area contributed by atoms with Crippen molar-refractivity contribution in [2.45, 2.75) is 6.92 Å². The van der Waals surface area contributed by atoms with Gasteiger partial charge in [0.25, 0.3) is 0 Å². The van der Waals surface area contributed by atoms with Crippen LogP contribution >= 0.6 is 0 Å². The normalized spacial score (nSPS) is 10.3. The van der Waals surface area contributed by atoms with Crippen molar-refractivity contribution < 1.29 is 14.3 Å². The van der Waals surface area contributed by atoms with E-state index in [0.29, 0.717) is 35.2 Å². The van der Waals surface area contributed by atoms with Gasteiger partial charge in [-0.15, -0.1) is 0 Å². The summed E-state index contributed by atoms with van der Waals surface area (Å²) in [7, 11) is 3.12. The van der Waals surface area contributed by atoms with Gasteiger partial charge in [0.1, 0.15) is 17.8 Å². The Morgan fingerprint density at radius 1 is 1.14 bits per heavy atom. The van der Waals surface area contributed by atoms with Gasteiger partial charge in [0.05, 0.1) is 25.0 Å². The molecule has 8 heteroatoms. The first-order chi connectivity index (χ1) is 14.0. The molecule has 3 rings (SSSR count). The van der Waals surface area contributed by atoms with Gasteiger partial charge in [-0.05, 0) is 43.3 Å². The zero-order chi connectivity index (χ0) is 20.8. The summed E-state index contributed by atoms with van der Waals surface area (Å²) >= 11 is 0. The number of hydrogen-bond acceptors (Lipinski definition) is 8. The van der Waals surface area contributed by atoms with E-state index in [2.05, 4.69) is 15.3 Å². The lowest BCUT2D eigenvalue weighted by molar-refractivity contribution is 0.0601. The first-order valence-corrected chi connectivity index (χ1v) is 9.06. The molecule has 0 saturated heterocycles. The van der Waals surface area contributed by atoms with Gasteiger partial charge in [0, 0.05) is 12.7 Å². The van der Waals surface area contributed by atoms with E-state index < -0.39 is 5.97 Å². The second-order valence-electron chi connectivity index (χ2n) is 6.11. The average Bonchev–Trinajstić information content (AvgIpc) is 2.75. The van der Waals surface area contributed by atoms with Crippen LogP contribution in [0.3, 0.4) is 0 Å². The smallest absolute Gasteiger partial charge is 0.339 e. The summed E-state index contributed by atoms with van der Waals surface area (Å²) in [5.41, 5.74) is 8.53. The zero-order valence-electron chi connectivity index (χ0n) is 16.5. The molecule has 0 radical (unpaired) electrons. The number of carbonyl (C=O) groups is 1. The largest absolute Gasteiger partial charge is 0.494 e. The Balaban J connectivity index is 1.90. The standard InChI is InChI=1S/C21H23N5O3/c1-4-29-15-11-9-14(10-12-15)25-19-18(22)20(24-13-23-19)26(2)17-8-6-5-7-16(17)21(27)28-3/h5-13H,4,22H2,1-3H3,(H,23,24,25). The third-order valence-corrected chi connectivity index (χ3v) is 4.28. The number of nitrogens with two attached hydrogens (primary N) is 1. The molecular weight excluding hydrogens is 370 g/mol. The van der Waals surface area contributed by atoms with Gasteiger partial charge in [-0.3, -0.25) is 0 Å². The molecule has 0 atom stereocenters.